The predicted octanol–water partition coefficient (Wildman–Crippen LogP) is 1.35. The molecule has 76 valence electrons. The van der Waals surface area contributed by atoms with Crippen LogP contribution < -0.4 is 5.32 Å². The Hall–Kier alpha value is -1.06. The third kappa shape index (κ3) is 7.31. The third-order valence-electron chi connectivity index (χ3n) is 1.73. The Morgan fingerprint density at radius 1 is 1.62 bits per heavy atom. The van der Waals surface area contributed by atoms with Gasteiger partial charge in [0.15, 0.2) is 0 Å². The number of carbonyl (C=O) groups is 2. The summed E-state index contributed by atoms with van der Waals surface area (Å²) in [6.45, 7) is 4.84. The molecule has 4 nitrogen and oxygen atoms in total. The molecule has 0 fully saturated rings. The molecule has 1 atom stereocenters. The number of nitrogens with one attached hydrogen (secondary N) is 1. The summed E-state index contributed by atoms with van der Waals surface area (Å²) < 4.78 is 4.88. The van der Waals surface area contributed by atoms with E-state index in [1.54, 1.807) is 0 Å². The molecule has 0 aromatic rings. The van der Waals surface area contributed by atoms with E-state index in [1.807, 2.05) is 13.8 Å². The molecule has 0 saturated heterocycles. The Labute approximate surface area is 78.6 Å². The van der Waals surface area contributed by atoms with Crippen LogP contribution in [0.1, 0.15) is 26.7 Å². The molecule has 0 aromatic carbocycles. The molecule has 0 aromatic heterocycles. The zero-order valence-corrected chi connectivity index (χ0v) is 8.21. The molecule has 0 bridgehead atoms. The minimum atomic E-state index is -0.442. The van der Waals surface area contributed by atoms with E-state index < -0.39 is 6.09 Å². The van der Waals surface area contributed by atoms with Gasteiger partial charge in [-0.3, -0.25) is 0 Å². The Morgan fingerprint density at radius 2 is 2.31 bits per heavy atom. The molecule has 0 aliphatic carbocycles. The summed E-state index contributed by atoms with van der Waals surface area (Å²) in [6.07, 6.45) is 1.64. The van der Waals surface area contributed by atoms with Gasteiger partial charge in [0, 0.05) is 13.0 Å². The maximum absolute atomic E-state index is 10.9. The number of alkyl carbamates (subject to hydrolysis) is 1. The molecule has 0 heterocycles. The molecule has 0 aliphatic rings. The van der Waals surface area contributed by atoms with E-state index in [9.17, 15) is 9.59 Å². The molecular formula is C9H17NO3. The highest BCUT2D eigenvalue weighted by molar-refractivity contribution is 5.67. The van der Waals surface area contributed by atoms with Crippen molar-refractivity contribution in [3.63, 3.8) is 0 Å². The normalized spacial score (nSPS) is 11.8. The van der Waals surface area contributed by atoms with E-state index in [-0.39, 0.29) is 0 Å². The fraction of sp³-hybridized carbons (Fsp3) is 0.778. The lowest BCUT2D eigenvalue weighted by Gasteiger charge is -2.09. The molecule has 0 radical (unpaired) electrons. The summed E-state index contributed by atoms with van der Waals surface area (Å²) >= 11 is 0. The second kappa shape index (κ2) is 7.58. The monoisotopic (exact) mass is 187 g/mol. The highest BCUT2D eigenvalue weighted by Gasteiger charge is 2.03. The van der Waals surface area contributed by atoms with Gasteiger partial charge < -0.3 is 14.8 Å². The molecule has 0 aliphatic heterocycles. The van der Waals surface area contributed by atoms with Gasteiger partial charge in [-0.15, -0.1) is 0 Å². The van der Waals surface area contributed by atoms with Crippen LogP contribution in [0.2, 0.25) is 0 Å². The lowest BCUT2D eigenvalue weighted by molar-refractivity contribution is -0.107. The van der Waals surface area contributed by atoms with Crippen LogP contribution in [-0.4, -0.2) is 25.5 Å². The minimum absolute atomic E-state index is 0.332. The van der Waals surface area contributed by atoms with Crippen LogP contribution in [0.15, 0.2) is 0 Å². The second-order valence-electron chi connectivity index (χ2n) is 2.99. The number of rotatable bonds is 6. The zero-order chi connectivity index (χ0) is 10.1. The van der Waals surface area contributed by atoms with Gasteiger partial charge in [0.1, 0.15) is 6.29 Å². The summed E-state index contributed by atoms with van der Waals surface area (Å²) in [5, 5.41) is 2.47. The summed E-state index contributed by atoms with van der Waals surface area (Å²) in [7, 11) is 0. The number of amides is 1. The first-order chi connectivity index (χ1) is 6.20. The summed E-state index contributed by atoms with van der Waals surface area (Å²) in [4.78, 5) is 20.8. The topological polar surface area (TPSA) is 55.4 Å². The molecule has 1 amide bonds. The van der Waals surface area contributed by atoms with Crippen LogP contribution in [-0.2, 0) is 9.53 Å². The zero-order valence-electron chi connectivity index (χ0n) is 8.21. The molecule has 1 unspecified atom stereocenters. The Balaban J connectivity index is 3.34. The number of ether oxygens (including phenoxy) is 1. The largest absolute Gasteiger partial charge is 0.449 e. The highest BCUT2D eigenvalue weighted by atomic mass is 16.5. The van der Waals surface area contributed by atoms with E-state index in [4.69, 9.17) is 4.74 Å². The van der Waals surface area contributed by atoms with Gasteiger partial charge in [0.05, 0.1) is 6.61 Å². The lowest BCUT2D eigenvalue weighted by atomic mass is 10.1. The molecular weight excluding hydrogens is 170 g/mol. The number of carbonyl (C=O) groups excluding carboxylic acids is 2. The van der Waals surface area contributed by atoms with Crippen molar-refractivity contribution in [2.75, 3.05) is 13.2 Å². The smallest absolute Gasteiger partial charge is 0.407 e. The van der Waals surface area contributed by atoms with E-state index in [0.717, 1.165) is 12.7 Å². The number of hydrogen-bond acceptors (Lipinski definition) is 3. The van der Waals surface area contributed by atoms with Crippen LogP contribution in [0.4, 0.5) is 4.79 Å². The quantitative estimate of drug-likeness (QED) is 0.504. The molecule has 13 heavy (non-hydrogen) atoms. The minimum Gasteiger partial charge on any atom is -0.449 e. The van der Waals surface area contributed by atoms with Gasteiger partial charge in [-0.25, -0.2) is 4.79 Å². The maximum Gasteiger partial charge on any atom is 0.407 e. The van der Waals surface area contributed by atoms with Crippen molar-refractivity contribution in [3.8, 4) is 0 Å². The van der Waals surface area contributed by atoms with E-state index in [0.29, 0.717) is 25.5 Å². The van der Waals surface area contributed by atoms with Gasteiger partial charge in [-0.2, -0.15) is 0 Å². The fourth-order valence-corrected chi connectivity index (χ4v) is 0.620. The summed E-state index contributed by atoms with van der Waals surface area (Å²) in [5.41, 5.74) is 0. The Bertz CT molecular complexity index is 159. The van der Waals surface area contributed by atoms with Crippen LogP contribution in [0, 0.1) is 5.92 Å². The van der Waals surface area contributed by atoms with E-state index in [1.165, 1.54) is 0 Å². The maximum atomic E-state index is 10.9. The van der Waals surface area contributed by atoms with E-state index >= 15 is 0 Å². The molecule has 0 spiro atoms. The van der Waals surface area contributed by atoms with E-state index in [2.05, 4.69) is 5.32 Å². The molecule has 0 saturated carbocycles. The average molecular weight is 187 g/mol. The molecule has 0 rings (SSSR count). The van der Waals surface area contributed by atoms with Crippen molar-refractivity contribution in [1.82, 2.24) is 5.32 Å². The van der Waals surface area contributed by atoms with Gasteiger partial charge in [-0.1, -0.05) is 20.3 Å². The first-order valence-electron chi connectivity index (χ1n) is 4.55. The van der Waals surface area contributed by atoms with Gasteiger partial charge in [0.2, 0.25) is 0 Å². The van der Waals surface area contributed by atoms with Crippen LogP contribution in [0.5, 0.6) is 0 Å². The Kier molecular flexibility index (Phi) is 6.96. The average Bonchev–Trinajstić information content (AvgIpc) is 2.14. The summed E-state index contributed by atoms with van der Waals surface area (Å²) in [5.74, 6) is 0.386. The van der Waals surface area contributed by atoms with Crippen molar-refractivity contribution >= 4 is 12.4 Å². The SMILES string of the molecule is CCC(C)COC(=O)NCCC=O. The fourth-order valence-electron chi connectivity index (χ4n) is 0.620. The van der Waals surface area contributed by atoms with Gasteiger partial charge in [-0.05, 0) is 5.92 Å². The standard InChI is InChI=1S/C9H17NO3/c1-3-8(2)7-13-9(12)10-5-4-6-11/h6,8H,3-5,7H2,1-2H3,(H,10,12). The van der Waals surface area contributed by atoms with Crippen LogP contribution >= 0.6 is 0 Å². The number of aldehydes is 1. The lowest BCUT2D eigenvalue weighted by Crippen LogP contribution is -2.27. The first kappa shape index (κ1) is 11.9. The Morgan fingerprint density at radius 3 is 2.85 bits per heavy atom. The first-order valence-corrected chi connectivity index (χ1v) is 4.55. The van der Waals surface area contributed by atoms with Crippen molar-refractivity contribution < 1.29 is 14.3 Å². The molecule has 4 heteroatoms. The van der Waals surface area contributed by atoms with Gasteiger partial charge >= 0.3 is 6.09 Å². The van der Waals surface area contributed by atoms with Crippen molar-refractivity contribution in [3.05, 3.63) is 0 Å². The van der Waals surface area contributed by atoms with Crippen molar-refractivity contribution in [2.45, 2.75) is 26.7 Å². The molecule has 1 N–H and O–H groups in total. The predicted molar refractivity (Wildman–Crippen MR) is 49.5 cm³/mol. The van der Waals surface area contributed by atoms with Crippen molar-refractivity contribution in [1.29, 1.82) is 0 Å². The number of hydrogen-bond donors (Lipinski definition) is 1. The van der Waals surface area contributed by atoms with Crippen molar-refractivity contribution in [2.24, 2.45) is 5.92 Å². The second-order valence-corrected chi connectivity index (χ2v) is 2.99. The van der Waals surface area contributed by atoms with Crippen LogP contribution in [0.3, 0.4) is 0 Å². The highest BCUT2D eigenvalue weighted by Crippen LogP contribution is 2.00. The summed E-state index contributed by atoms with van der Waals surface area (Å²) in [6, 6.07) is 0. The third-order valence-corrected chi connectivity index (χ3v) is 1.73. The van der Waals surface area contributed by atoms with Gasteiger partial charge in [0.25, 0.3) is 0 Å². The van der Waals surface area contributed by atoms with Crippen LogP contribution in [0.25, 0.3) is 0 Å².